The van der Waals surface area contributed by atoms with E-state index in [9.17, 15) is 5.26 Å². The largest absolute Gasteiger partial charge is 0.499 e. The summed E-state index contributed by atoms with van der Waals surface area (Å²) >= 11 is 0. The second-order valence-electron chi connectivity index (χ2n) is 9.76. The van der Waals surface area contributed by atoms with Gasteiger partial charge in [-0.3, -0.25) is 0 Å². The van der Waals surface area contributed by atoms with Gasteiger partial charge in [-0.1, -0.05) is 77.2 Å². The van der Waals surface area contributed by atoms with Crippen LogP contribution in [0.4, 0.5) is 0 Å². The molecule has 42 heavy (non-hydrogen) atoms. The summed E-state index contributed by atoms with van der Waals surface area (Å²) in [5.41, 5.74) is 9.66. The molecule has 1 radical (unpaired) electrons. The Morgan fingerprint density at radius 3 is 2.24 bits per heavy atom. The normalized spacial score (nSPS) is 10.4. The van der Waals surface area contributed by atoms with Crippen molar-refractivity contribution in [3.05, 3.63) is 144 Å². The zero-order chi connectivity index (χ0) is 28.2. The maximum Gasteiger partial charge on any atom is 0.139 e. The van der Waals surface area contributed by atoms with Crippen molar-refractivity contribution in [2.75, 3.05) is 0 Å². The number of aromatic nitrogens is 2. The minimum Gasteiger partial charge on any atom is -0.499 e. The third-order valence-electron chi connectivity index (χ3n) is 6.87. The number of fused-ring (bicyclic) bond motifs is 3. The Labute approximate surface area is 258 Å². The number of hydrogen-bond acceptors (Lipinski definition) is 4. The summed E-state index contributed by atoms with van der Waals surface area (Å²) < 4.78 is 6.27. The topological polar surface area (TPSA) is 62.7 Å². The molecule has 0 bridgehead atoms. The van der Waals surface area contributed by atoms with Crippen molar-refractivity contribution >= 4 is 21.9 Å². The van der Waals surface area contributed by atoms with Gasteiger partial charge in [0, 0.05) is 43.4 Å². The molecule has 7 aromatic rings. The Morgan fingerprint density at radius 2 is 1.52 bits per heavy atom. The van der Waals surface area contributed by atoms with Crippen molar-refractivity contribution in [3.63, 3.8) is 0 Å². The SMILES string of the molecule is Cc1ccc(-c2[c-]cccc2)nc1.Cc1ccnc(-c2[c-]ccc3c2oc2c(C#N)c(-c4ccccc4)ccc23)c1.[Ir]. The zero-order valence-electron chi connectivity index (χ0n) is 23.1. The number of furan rings is 1. The minimum atomic E-state index is 0. The van der Waals surface area contributed by atoms with Gasteiger partial charge in [0.25, 0.3) is 0 Å². The predicted octanol–water partition coefficient (Wildman–Crippen LogP) is 9.15. The molecule has 4 aromatic carbocycles. The Bertz CT molecular complexity index is 2010. The molecule has 4 nitrogen and oxygen atoms in total. The number of rotatable bonds is 3. The van der Waals surface area contributed by atoms with E-state index in [4.69, 9.17) is 4.42 Å². The van der Waals surface area contributed by atoms with Crippen molar-refractivity contribution in [3.8, 4) is 39.7 Å². The standard InChI is InChI=1S/C25H15N2O.C12H10N.Ir/c1-16-12-13-27-23(14-16)21-9-5-8-19-20-11-10-18(17-6-3-2-4-7-17)22(15-26)25(20)28-24(19)21;1-10-7-8-12(13-9-10)11-5-3-2-4-6-11;/h2-8,10-14H,1H3;2-5,7-9H,1H3;/q2*-1;. The van der Waals surface area contributed by atoms with E-state index < -0.39 is 0 Å². The first-order valence-corrected chi connectivity index (χ1v) is 13.3. The Kier molecular flexibility index (Phi) is 8.69. The summed E-state index contributed by atoms with van der Waals surface area (Å²) in [6.45, 7) is 4.06. The maximum absolute atomic E-state index is 9.90. The molecule has 205 valence electrons. The molecule has 7 rings (SSSR count). The molecular formula is C37H25IrN3O-2. The van der Waals surface area contributed by atoms with Crippen molar-refractivity contribution < 1.29 is 24.5 Å². The van der Waals surface area contributed by atoms with Crippen LogP contribution < -0.4 is 0 Å². The molecule has 0 aliphatic heterocycles. The predicted molar refractivity (Wildman–Crippen MR) is 164 cm³/mol. The van der Waals surface area contributed by atoms with Crippen LogP contribution in [-0.4, -0.2) is 9.97 Å². The number of aryl methyl sites for hydroxylation is 2. The maximum atomic E-state index is 9.90. The quantitative estimate of drug-likeness (QED) is 0.171. The average Bonchev–Trinajstić information content (AvgIpc) is 3.41. The summed E-state index contributed by atoms with van der Waals surface area (Å²) in [6, 6.07) is 42.4. The molecule has 5 heteroatoms. The number of pyridine rings is 2. The summed E-state index contributed by atoms with van der Waals surface area (Å²) in [5, 5.41) is 11.8. The Balaban J connectivity index is 0.000000212. The van der Waals surface area contributed by atoms with Gasteiger partial charge in [0.2, 0.25) is 0 Å². The van der Waals surface area contributed by atoms with Crippen LogP contribution in [0.3, 0.4) is 0 Å². The second kappa shape index (κ2) is 12.7. The van der Waals surface area contributed by atoms with Gasteiger partial charge in [-0.15, -0.1) is 54.1 Å². The van der Waals surface area contributed by atoms with E-state index in [1.54, 1.807) is 6.20 Å². The summed E-state index contributed by atoms with van der Waals surface area (Å²) in [5.74, 6) is 0. The fourth-order valence-electron chi connectivity index (χ4n) is 4.82. The van der Waals surface area contributed by atoms with E-state index in [0.717, 1.165) is 50.0 Å². The molecule has 0 fully saturated rings. The van der Waals surface area contributed by atoms with Gasteiger partial charge in [0.15, 0.2) is 0 Å². The molecule has 0 unspecified atom stereocenters. The van der Waals surface area contributed by atoms with Crippen molar-refractivity contribution in [1.82, 2.24) is 9.97 Å². The van der Waals surface area contributed by atoms with Crippen LogP contribution in [0.5, 0.6) is 0 Å². The molecule has 0 saturated heterocycles. The number of benzene rings is 4. The number of nitrogens with zero attached hydrogens (tertiary/aromatic N) is 3. The van der Waals surface area contributed by atoms with Crippen LogP contribution in [0.25, 0.3) is 55.6 Å². The van der Waals surface area contributed by atoms with Crippen LogP contribution in [-0.2, 0) is 20.1 Å². The minimum absolute atomic E-state index is 0. The summed E-state index contributed by atoms with van der Waals surface area (Å²) in [6.07, 6.45) is 3.66. The molecule has 0 atom stereocenters. The van der Waals surface area contributed by atoms with Crippen molar-refractivity contribution in [2.45, 2.75) is 13.8 Å². The van der Waals surface area contributed by atoms with E-state index >= 15 is 0 Å². The van der Waals surface area contributed by atoms with Gasteiger partial charge in [-0.25, -0.2) is 0 Å². The molecule has 0 aliphatic carbocycles. The van der Waals surface area contributed by atoms with Crippen LogP contribution in [0, 0.1) is 37.3 Å². The van der Waals surface area contributed by atoms with Crippen LogP contribution in [0.1, 0.15) is 16.7 Å². The molecule has 3 heterocycles. The van der Waals surface area contributed by atoms with Crippen LogP contribution >= 0.6 is 0 Å². The van der Waals surface area contributed by atoms with Gasteiger partial charge in [-0.05, 0) is 42.4 Å². The van der Waals surface area contributed by atoms with Crippen LogP contribution in [0.15, 0.2) is 120 Å². The molecule has 0 amide bonds. The van der Waals surface area contributed by atoms with Crippen LogP contribution in [0.2, 0.25) is 0 Å². The number of nitriles is 1. The Morgan fingerprint density at radius 1 is 0.714 bits per heavy atom. The fraction of sp³-hybridized carbons (Fsp3) is 0.0541. The van der Waals surface area contributed by atoms with Crippen molar-refractivity contribution in [1.29, 1.82) is 5.26 Å². The third-order valence-corrected chi connectivity index (χ3v) is 6.87. The third kappa shape index (κ3) is 5.78. The molecule has 3 aromatic heterocycles. The van der Waals surface area contributed by atoms with E-state index in [-0.39, 0.29) is 20.1 Å². The molecule has 0 spiro atoms. The van der Waals surface area contributed by atoms with Gasteiger partial charge >= 0.3 is 0 Å². The average molecular weight is 720 g/mol. The first kappa shape index (κ1) is 28.6. The van der Waals surface area contributed by atoms with E-state index in [1.165, 1.54) is 5.56 Å². The van der Waals surface area contributed by atoms with Crippen molar-refractivity contribution in [2.24, 2.45) is 0 Å². The second-order valence-corrected chi connectivity index (χ2v) is 9.76. The summed E-state index contributed by atoms with van der Waals surface area (Å²) in [7, 11) is 0. The van der Waals surface area contributed by atoms with Gasteiger partial charge in [0.1, 0.15) is 17.2 Å². The first-order valence-electron chi connectivity index (χ1n) is 13.3. The monoisotopic (exact) mass is 720 g/mol. The van der Waals surface area contributed by atoms with E-state index in [2.05, 4.69) is 34.2 Å². The number of hydrogen-bond donors (Lipinski definition) is 0. The van der Waals surface area contributed by atoms with E-state index in [1.807, 2.05) is 117 Å². The Hall–Kier alpha value is -4.88. The molecule has 0 aliphatic rings. The smallest absolute Gasteiger partial charge is 0.139 e. The zero-order valence-corrected chi connectivity index (χ0v) is 25.4. The fourth-order valence-corrected chi connectivity index (χ4v) is 4.82. The van der Waals surface area contributed by atoms with Gasteiger partial charge in [-0.2, -0.15) is 5.26 Å². The molecule has 0 N–H and O–H groups in total. The van der Waals surface area contributed by atoms with E-state index in [0.29, 0.717) is 16.7 Å². The van der Waals surface area contributed by atoms with Gasteiger partial charge < -0.3 is 14.4 Å². The first-order chi connectivity index (χ1) is 20.1. The molecule has 0 saturated carbocycles. The summed E-state index contributed by atoms with van der Waals surface area (Å²) in [4.78, 5) is 8.80. The van der Waals surface area contributed by atoms with Gasteiger partial charge in [0.05, 0.1) is 5.58 Å². The molecular weight excluding hydrogens is 695 g/mol.